The normalized spacial score (nSPS) is 10.5. The molecule has 0 spiro atoms. The quantitative estimate of drug-likeness (QED) is 0.466. The molecule has 0 unspecified atom stereocenters. The number of anilines is 1. The molecule has 0 saturated heterocycles. The molecule has 0 radical (unpaired) electrons. The lowest BCUT2D eigenvalue weighted by molar-refractivity contribution is 0.112. The van der Waals surface area contributed by atoms with Gasteiger partial charge in [-0.25, -0.2) is 0 Å². The molecule has 2 rings (SSSR count). The highest BCUT2D eigenvalue weighted by atomic mass is 16.1. The monoisotopic (exact) mass is 238 g/mol. The maximum atomic E-state index is 10.6. The number of carbonyl (C=O) groups is 1. The van der Waals surface area contributed by atoms with Crippen LogP contribution >= 0.6 is 0 Å². The van der Waals surface area contributed by atoms with Gasteiger partial charge in [-0.05, 0) is 29.8 Å². The van der Waals surface area contributed by atoms with Crippen molar-refractivity contribution in [3.05, 3.63) is 65.7 Å². The van der Waals surface area contributed by atoms with Crippen molar-refractivity contribution in [2.75, 3.05) is 12.1 Å². The Morgan fingerprint density at radius 3 is 2.22 bits per heavy atom. The highest BCUT2D eigenvalue weighted by Gasteiger charge is 1.97. The van der Waals surface area contributed by atoms with Crippen LogP contribution in [0.15, 0.2) is 59.7 Å². The van der Waals surface area contributed by atoms with Crippen molar-refractivity contribution in [3.8, 4) is 0 Å². The van der Waals surface area contributed by atoms with Crippen LogP contribution in [0.25, 0.3) is 0 Å². The van der Waals surface area contributed by atoms with Gasteiger partial charge in [0.05, 0.1) is 11.9 Å². The summed E-state index contributed by atoms with van der Waals surface area (Å²) in [5.74, 6) is 0. The summed E-state index contributed by atoms with van der Waals surface area (Å²) in [4.78, 5) is 10.6. The molecular weight excluding hydrogens is 224 g/mol. The highest BCUT2D eigenvalue weighted by Crippen LogP contribution is 2.13. The van der Waals surface area contributed by atoms with E-state index in [-0.39, 0.29) is 0 Å². The van der Waals surface area contributed by atoms with Gasteiger partial charge in [0.2, 0.25) is 0 Å². The number of hydrazone groups is 1. The lowest BCUT2D eigenvalue weighted by Crippen LogP contribution is -2.08. The standard InChI is InChI=1S/C15H14N2O/c1-17(15-9-7-14(12-18)8-10-15)16-11-13-5-3-2-4-6-13/h2-12H,1H3. The summed E-state index contributed by atoms with van der Waals surface area (Å²) in [5, 5.41) is 6.11. The minimum Gasteiger partial charge on any atom is -0.298 e. The van der Waals surface area contributed by atoms with Crippen molar-refractivity contribution in [3.63, 3.8) is 0 Å². The summed E-state index contributed by atoms with van der Waals surface area (Å²) in [6.07, 6.45) is 2.63. The molecule has 0 amide bonds. The minimum atomic E-state index is 0.666. The Hall–Kier alpha value is -2.42. The molecule has 0 aliphatic rings. The first kappa shape index (κ1) is 12.0. The molecule has 0 atom stereocenters. The lowest BCUT2D eigenvalue weighted by atomic mass is 10.2. The average molecular weight is 238 g/mol. The van der Waals surface area contributed by atoms with Crippen molar-refractivity contribution >= 4 is 18.2 Å². The predicted octanol–water partition coefficient (Wildman–Crippen LogP) is 2.97. The van der Waals surface area contributed by atoms with Crippen LogP contribution in [0.1, 0.15) is 15.9 Å². The van der Waals surface area contributed by atoms with Gasteiger partial charge in [-0.2, -0.15) is 5.10 Å². The van der Waals surface area contributed by atoms with Gasteiger partial charge in [-0.1, -0.05) is 30.3 Å². The molecular formula is C15H14N2O. The second-order valence-corrected chi connectivity index (χ2v) is 3.89. The van der Waals surface area contributed by atoms with Crippen LogP contribution in [-0.2, 0) is 0 Å². The Morgan fingerprint density at radius 2 is 1.61 bits per heavy atom. The minimum absolute atomic E-state index is 0.666. The van der Waals surface area contributed by atoms with Gasteiger partial charge in [0.25, 0.3) is 0 Å². The molecule has 0 bridgehead atoms. The molecule has 0 heterocycles. The van der Waals surface area contributed by atoms with Gasteiger partial charge >= 0.3 is 0 Å². The summed E-state index contributed by atoms with van der Waals surface area (Å²) in [6, 6.07) is 17.2. The van der Waals surface area contributed by atoms with E-state index < -0.39 is 0 Å². The second-order valence-electron chi connectivity index (χ2n) is 3.89. The number of nitrogens with zero attached hydrogens (tertiary/aromatic N) is 2. The van der Waals surface area contributed by atoms with Crippen molar-refractivity contribution < 1.29 is 4.79 Å². The van der Waals surface area contributed by atoms with E-state index in [4.69, 9.17) is 0 Å². The zero-order valence-corrected chi connectivity index (χ0v) is 10.2. The molecule has 2 aromatic carbocycles. The van der Waals surface area contributed by atoms with Crippen molar-refractivity contribution in [2.24, 2.45) is 5.10 Å². The first-order valence-corrected chi connectivity index (χ1v) is 5.67. The summed E-state index contributed by atoms with van der Waals surface area (Å²) < 4.78 is 0. The van der Waals surface area contributed by atoms with Gasteiger partial charge in [-0.3, -0.25) is 9.80 Å². The van der Waals surface area contributed by atoms with Crippen LogP contribution < -0.4 is 5.01 Å². The van der Waals surface area contributed by atoms with E-state index in [1.807, 2.05) is 49.5 Å². The van der Waals surface area contributed by atoms with Gasteiger partial charge in [0, 0.05) is 12.6 Å². The number of aldehydes is 1. The molecule has 0 aromatic heterocycles. The van der Waals surface area contributed by atoms with Crippen LogP contribution in [0, 0.1) is 0 Å². The molecule has 90 valence electrons. The molecule has 0 aliphatic carbocycles. The van der Waals surface area contributed by atoms with Crippen molar-refractivity contribution in [1.29, 1.82) is 0 Å². The molecule has 3 nitrogen and oxygen atoms in total. The smallest absolute Gasteiger partial charge is 0.150 e. The van der Waals surface area contributed by atoms with Gasteiger partial charge in [-0.15, -0.1) is 0 Å². The largest absolute Gasteiger partial charge is 0.298 e. The van der Waals surface area contributed by atoms with Crippen LogP contribution in [0.5, 0.6) is 0 Å². The van der Waals surface area contributed by atoms with E-state index in [2.05, 4.69) is 5.10 Å². The Bertz CT molecular complexity index is 532. The third-order valence-corrected chi connectivity index (χ3v) is 2.58. The molecule has 18 heavy (non-hydrogen) atoms. The number of hydrogen-bond donors (Lipinski definition) is 0. The lowest BCUT2D eigenvalue weighted by Gasteiger charge is -2.12. The van der Waals surface area contributed by atoms with Crippen LogP contribution in [0.3, 0.4) is 0 Å². The van der Waals surface area contributed by atoms with Gasteiger partial charge in [0.15, 0.2) is 0 Å². The molecule has 0 N–H and O–H groups in total. The molecule has 0 saturated carbocycles. The topological polar surface area (TPSA) is 32.7 Å². The van der Waals surface area contributed by atoms with E-state index in [1.165, 1.54) is 0 Å². The van der Waals surface area contributed by atoms with E-state index in [0.717, 1.165) is 17.5 Å². The Morgan fingerprint density at radius 1 is 0.944 bits per heavy atom. The van der Waals surface area contributed by atoms with E-state index in [1.54, 1.807) is 23.4 Å². The molecule has 0 fully saturated rings. The average Bonchev–Trinajstić information content (AvgIpc) is 2.46. The number of carbonyl (C=O) groups excluding carboxylic acids is 1. The maximum absolute atomic E-state index is 10.6. The Labute approximate surface area is 106 Å². The number of benzene rings is 2. The zero-order chi connectivity index (χ0) is 12.8. The van der Waals surface area contributed by atoms with Gasteiger partial charge in [0.1, 0.15) is 6.29 Å². The molecule has 2 aromatic rings. The summed E-state index contributed by atoms with van der Waals surface area (Å²) >= 11 is 0. The molecule has 3 heteroatoms. The fourth-order valence-electron chi connectivity index (χ4n) is 1.53. The third-order valence-electron chi connectivity index (χ3n) is 2.58. The Balaban J connectivity index is 2.09. The first-order chi connectivity index (χ1) is 8.79. The highest BCUT2D eigenvalue weighted by molar-refractivity contribution is 5.80. The summed E-state index contributed by atoms with van der Waals surface area (Å²) in [5.41, 5.74) is 2.65. The SMILES string of the molecule is CN(N=Cc1ccccc1)c1ccc(C=O)cc1. The summed E-state index contributed by atoms with van der Waals surface area (Å²) in [7, 11) is 1.87. The maximum Gasteiger partial charge on any atom is 0.150 e. The fraction of sp³-hybridized carbons (Fsp3) is 0.0667. The molecule has 0 aliphatic heterocycles. The van der Waals surface area contributed by atoms with Gasteiger partial charge < -0.3 is 0 Å². The number of rotatable bonds is 4. The fourth-order valence-corrected chi connectivity index (χ4v) is 1.53. The zero-order valence-electron chi connectivity index (χ0n) is 10.2. The second kappa shape index (κ2) is 5.77. The van der Waals surface area contributed by atoms with E-state index in [9.17, 15) is 4.79 Å². The number of hydrogen-bond acceptors (Lipinski definition) is 3. The van der Waals surface area contributed by atoms with Crippen molar-refractivity contribution in [1.82, 2.24) is 0 Å². The first-order valence-electron chi connectivity index (χ1n) is 5.67. The van der Waals surface area contributed by atoms with Crippen LogP contribution in [-0.4, -0.2) is 19.5 Å². The van der Waals surface area contributed by atoms with Crippen LogP contribution in [0.4, 0.5) is 5.69 Å². The van der Waals surface area contributed by atoms with Crippen molar-refractivity contribution in [2.45, 2.75) is 0 Å². The van der Waals surface area contributed by atoms with E-state index in [0.29, 0.717) is 5.56 Å². The summed E-state index contributed by atoms with van der Waals surface area (Å²) in [6.45, 7) is 0. The van der Waals surface area contributed by atoms with Crippen LogP contribution in [0.2, 0.25) is 0 Å². The van der Waals surface area contributed by atoms with E-state index >= 15 is 0 Å². The Kier molecular flexibility index (Phi) is 3.86. The third kappa shape index (κ3) is 3.04. The predicted molar refractivity (Wildman–Crippen MR) is 74.3 cm³/mol.